The maximum Gasteiger partial charge on any atom is 0.310 e. The van der Waals surface area contributed by atoms with Crippen LogP contribution in [0.5, 0.6) is 0 Å². The highest BCUT2D eigenvalue weighted by molar-refractivity contribution is 5.97. The molecule has 1 atom stereocenters. The molecule has 0 fully saturated rings. The largest absolute Gasteiger partial charge is 0.460 e. The highest BCUT2D eigenvalue weighted by Gasteiger charge is 2.21. The maximum absolute atomic E-state index is 12.6. The Morgan fingerprint density at radius 2 is 1.62 bits per heavy atom. The van der Waals surface area contributed by atoms with E-state index in [0.717, 1.165) is 11.1 Å². The van der Waals surface area contributed by atoms with Crippen molar-refractivity contribution in [1.29, 1.82) is 0 Å². The molecular formula is C21H26N2O3. The van der Waals surface area contributed by atoms with E-state index in [-0.39, 0.29) is 18.3 Å². The summed E-state index contributed by atoms with van der Waals surface area (Å²) in [6.07, 6.45) is 0.193. The van der Waals surface area contributed by atoms with E-state index in [1.54, 1.807) is 19.2 Å². The Kier molecular flexibility index (Phi) is 6.16. The number of nitrogens with zero attached hydrogens (tertiary/aromatic N) is 1. The van der Waals surface area contributed by atoms with E-state index in [0.29, 0.717) is 5.69 Å². The molecule has 0 saturated heterocycles. The van der Waals surface area contributed by atoms with Crippen molar-refractivity contribution in [3.8, 4) is 0 Å². The third-order valence-corrected chi connectivity index (χ3v) is 3.85. The van der Waals surface area contributed by atoms with Crippen LogP contribution in [0.2, 0.25) is 0 Å². The molecule has 2 rings (SSSR count). The first-order valence-corrected chi connectivity index (χ1v) is 8.56. The minimum Gasteiger partial charge on any atom is -0.460 e. The number of amides is 1. The zero-order chi connectivity index (χ0) is 19.3. The number of nitrogens with two attached hydrogens (primary N) is 1. The summed E-state index contributed by atoms with van der Waals surface area (Å²) in [4.78, 5) is 26.0. The lowest BCUT2D eigenvalue weighted by atomic mass is 10.1. The van der Waals surface area contributed by atoms with Gasteiger partial charge in [0, 0.05) is 12.7 Å². The number of esters is 1. The molecule has 2 aromatic rings. The van der Waals surface area contributed by atoms with Crippen LogP contribution >= 0.6 is 0 Å². The molecule has 0 aliphatic heterocycles. The quantitative estimate of drug-likeness (QED) is 0.837. The van der Waals surface area contributed by atoms with Gasteiger partial charge in [0.2, 0.25) is 5.91 Å². The Morgan fingerprint density at radius 1 is 1.04 bits per heavy atom. The van der Waals surface area contributed by atoms with Crippen LogP contribution in [0.25, 0.3) is 0 Å². The minimum atomic E-state index is -0.720. The Morgan fingerprint density at radius 3 is 2.15 bits per heavy atom. The molecule has 0 heterocycles. The topological polar surface area (TPSA) is 72.6 Å². The van der Waals surface area contributed by atoms with Crippen molar-refractivity contribution in [3.05, 3.63) is 65.7 Å². The first-order valence-electron chi connectivity index (χ1n) is 8.56. The van der Waals surface area contributed by atoms with Crippen LogP contribution in [-0.4, -0.2) is 24.5 Å². The fourth-order valence-corrected chi connectivity index (χ4v) is 2.52. The smallest absolute Gasteiger partial charge is 0.310 e. The van der Waals surface area contributed by atoms with Crippen molar-refractivity contribution < 1.29 is 14.3 Å². The second-order valence-corrected chi connectivity index (χ2v) is 7.22. The highest BCUT2D eigenvalue weighted by atomic mass is 16.6. The minimum absolute atomic E-state index is 0.193. The molecule has 0 aliphatic carbocycles. The molecule has 26 heavy (non-hydrogen) atoms. The molecule has 0 saturated carbocycles. The predicted molar refractivity (Wildman–Crippen MR) is 103 cm³/mol. The molecule has 0 spiro atoms. The maximum atomic E-state index is 12.6. The molecule has 0 bridgehead atoms. The van der Waals surface area contributed by atoms with Gasteiger partial charge in [0.25, 0.3) is 0 Å². The predicted octanol–water partition coefficient (Wildman–Crippen LogP) is 3.23. The van der Waals surface area contributed by atoms with E-state index in [1.807, 2.05) is 63.2 Å². The Bertz CT molecular complexity index is 749. The summed E-state index contributed by atoms with van der Waals surface area (Å²) in [5.74, 6) is -0.475. The molecular weight excluding hydrogens is 328 g/mol. The van der Waals surface area contributed by atoms with Gasteiger partial charge >= 0.3 is 5.97 Å². The molecule has 2 aromatic carbocycles. The van der Waals surface area contributed by atoms with E-state index in [1.165, 1.54) is 4.90 Å². The van der Waals surface area contributed by atoms with E-state index >= 15 is 0 Å². The lowest BCUT2D eigenvalue weighted by Crippen LogP contribution is -2.35. The second kappa shape index (κ2) is 8.15. The number of likely N-dealkylation sites (N-methyl/N-ethyl adjacent to an activating group) is 1. The normalized spacial score (nSPS) is 12.3. The Hall–Kier alpha value is -2.66. The van der Waals surface area contributed by atoms with Gasteiger partial charge in [-0.25, -0.2) is 0 Å². The van der Waals surface area contributed by atoms with E-state index in [4.69, 9.17) is 10.5 Å². The van der Waals surface area contributed by atoms with Gasteiger partial charge in [0.05, 0.1) is 6.42 Å². The molecule has 0 unspecified atom stereocenters. The van der Waals surface area contributed by atoms with Crippen molar-refractivity contribution in [3.63, 3.8) is 0 Å². The van der Waals surface area contributed by atoms with Crippen LogP contribution < -0.4 is 10.6 Å². The molecule has 5 nitrogen and oxygen atoms in total. The SMILES string of the molecule is CN(C(=O)[C@@H](N)c1ccccc1)c1ccc(CC(=O)OC(C)(C)C)cc1. The molecule has 0 aliphatic rings. The first kappa shape index (κ1) is 19.7. The Balaban J connectivity index is 2.03. The number of ether oxygens (including phenoxy) is 1. The van der Waals surface area contributed by atoms with Crippen LogP contribution in [0.3, 0.4) is 0 Å². The van der Waals surface area contributed by atoms with E-state index < -0.39 is 11.6 Å². The summed E-state index contributed by atoms with van der Waals surface area (Å²) in [5.41, 5.74) is 7.89. The number of benzene rings is 2. The zero-order valence-electron chi connectivity index (χ0n) is 15.7. The standard InChI is InChI=1S/C21H26N2O3/c1-21(2,3)26-18(24)14-15-10-12-17(13-11-15)23(4)20(25)19(22)16-8-6-5-7-9-16/h5-13,19H,14,22H2,1-4H3/t19-/m0/s1. The second-order valence-electron chi connectivity index (χ2n) is 7.22. The summed E-state index contributed by atoms with van der Waals surface area (Å²) in [6, 6.07) is 15.8. The highest BCUT2D eigenvalue weighted by Crippen LogP contribution is 2.20. The summed E-state index contributed by atoms with van der Waals surface area (Å²) in [7, 11) is 1.69. The van der Waals surface area contributed by atoms with Crippen LogP contribution in [-0.2, 0) is 20.7 Å². The first-order chi connectivity index (χ1) is 12.2. The van der Waals surface area contributed by atoms with Crippen molar-refractivity contribution in [2.75, 3.05) is 11.9 Å². The number of hydrogen-bond donors (Lipinski definition) is 1. The van der Waals surface area contributed by atoms with Gasteiger partial charge in [-0.05, 0) is 44.0 Å². The lowest BCUT2D eigenvalue weighted by Gasteiger charge is -2.22. The third kappa shape index (κ3) is 5.43. The molecule has 0 radical (unpaired) electrons. The van der Waals surface area contributed by atoms with Crippen LogP contribution in [0.1, 0.15) is 37.9 Å². The lowest BCUT2D eigenvalue weighted by molar-refractivity contribution is -0.153. The summed E-state index contributed by atoms with van der Waals surface area (Å²) in [5, 5.41) is 0. The van der Waals surface area contributed by atoms with Crippen LogP contribution in [0.15, 0.2) is 54.6 Å². The van der Waals surface area contributed by atoms with E-state index in [9.17, 15) is 9.59 Å². The molecule has 2 N–H and O–H groups in total. The van der Waals surface area contributed by atoms with Gasteiger partial charge in [0.15, 0.2) is 0 Å². The van der Waals surface area contributed by atoms with Gasteiger partial charge in [-0.15, -0.1) is 0 Å². The van der Waals surface area contributed by atoms with Crippen LogP contribution in [0, 0.1) is 0 Å². The molecule has 1 amide bonds. The summed E-state index contributed by atoms with van der Waals surface area (Å²) < 4.78 is 5.32. The monoisotopic (exact) mass is 354 g/mol. The average molecular weight is 354 g/mol. The number of rotatable bonds is 5. The number of carbonyl (C=O) groups excluding carboxylic acids is 2. The van der Waals surface area contributed by atoms with Gasteiger partial charge in [-0.1, -0.05) is 42.5 Å². The molecule has 0 aromatic heterocycles. The van der Waals surface area contributed by atoms with Gasteiger partial charge in [0.1, 0.15) is 11.6 Å². The van der Waals surface area contributed by atoms with Gasteiger partial charge < -0.3 is 15.4 Å². The van der Waals surface area contributed by atoms with Gasteiger partial charge in [-0.2, -0.15) is 0 Å². The summed E-state index contributed by atoms with van der Waals surface area (Å²) in [6.45, 7) is 5.51. The van der Waals surface area contributed by atoms with E-state index in [2.05, 4.69) is 0 Å². The van der Waals surface area contributed by atoms with Crippen molar-refractivity contribution in [2.45, 2.75) is 38.8 Å². The number of hydrogen-bond acceptors (Lipinski definition) is 4. The van der Waals surface area contributed by atoms with Crippen molar-refractivity contribution >= 4 is 17.6 Å². The average Bonchev–Trinajstić information content (AvgIpc) is 2.59. The van der Waals surface area contributed by atoms with Crippen LogP contribution in [0.4, 0.5) is 5.69 Å². The fraction of sp³-hybridized carbons (Fsp3) is 0.333. The molecule has 138 valence electrons. The summed E-state index contributed by atoms with van der Waals surface area (Å²) >= 11 is 0. The fourth-order valence-electron chi connectivity index (χ4n) is 2.52. The zero-order valence-corrected chi connectivity index (χ0v) is 15.7. The number of carbonyl (C=O) groups is 2. The van der Waals surface area contributed by atoms with Gasteiger partial charge in [-0.3, -0.25) is 9.59 Å². The number of anilines is 1. The third-order valence-electron chi connectivity index (χ3n) is 3.85. The van der Waals surface area contributed by atoms with Crippen molar-refractivity contribution in [1.82, 2.24) is 0 Å². The molecule has 5 heteroatoms. The van der Waals surface area contributed by atoms with Crippen molar-refractivity contribution in [2.24, 2.45) is 5.73 Å². The Labute approximate surface area is 154 Å².